The third-order valence-electron chi connectivity index (χ3n) is 4.24. The molecule has 116 valence electrons. The van der Waals surface area contributed by atoms with Crippen LogP contribution in [-0.2, 0) is 9.59 Å². The molecule has 20 heavy (non-hydrogen) atoms. The largest absolute Gasteiger partial charge is 0.481 e. The van der Waals surface area contributed by atoms with E-state index in [1.807, 2.05) is 4.90 Å². The summed E-state index contributed by atoms with van der Waals surface area (Å²) in [4.78, 5) is 24.6. The topological polar surface area (TPSA) is 83.6 Å². The van der Waals surface area contributed by atoms with Gasteiger partial charge in [0, 0.05) is 25.9 Å². The zero-order valence-electron chi connectivity index (χ0n) is 12.5. The van der Waals surface area contributed by atoms with Gasteiger partial charge in [0.05, 0.1) is 0 Å². The highest BCUT2D eigenvalue weighted by Crippen LogP contribution is 2.23. The van der Waals surface area contributed by atoms with Crippen LogP contribution in [0.1, 0.15) is 51.9 Å². The molecule has 5 nitrogen and oxygen atoms in total. The van der Waals surface area contributed by atoms with Crippen LogP contribution >= 0.6 is 0 Å². The number of aliphatic carboxylic acids is 1. The van der Waals surface area contributed by atoms with Gasteiger partial charge in [-0.3, -0.25) is 9.59 Å². The zero-order valence-corrected chi connectivity index (χ0v) is 12.5. The van der Waals surface area contributed by atoms with Crippen LogP contribution in [0.15, 0.2) is 0 Å². The lowest BCUT2D eigenvalue weighted by molar-refractivity contribution is -0.138. The van der Waals surface area contributed by atoms with Crippen molar-refractivity contribution in [2.45, 2.75) is 51.9 Å². The summed E-state index contributed by atoms with van der Waals surface area (Å²) in [5, 5.41) is 8.68. The Bertz CT molecular complexity index is 312. The molecule has 3 N–H and O–H groups in total. The Morgan fingerprint density at radius 3 is 2.45 bits per heavy atom. The van der Waals surface area contributed by atoms with Crippen molar-refractivity contribution in [3.63, 3.8) is 0 Å². The molecule has 1 aliphatic heterocycles. The normalized spacial score (nSPS) is 18.0. The molecule has 1 rings (SSSR count). The standard InChI is InChI=1S/C15H28N2O3/c1-12(6-9-16)2-4-14(18)17-10-7-13(8-11-17)3-5-15(19)20/h12-13H,2-11,16H2,1H3,(H,19,20). The minimum atomic E-state index is -0.725. The number of carboxylic acids is 1. The molecule has 0 aromatic carbocycles. The first-order valence-electron chi connectivity index (χ1n) is 7.72. The number of rotatable bonds is 8. The Morgan fingerprint density at radius 2 is 1.90 bits per heavy atom. The number of carboxylic acid groups (broad SMARTS) is 1. The molecule has 1 atom stereocenters. The van der Waals surface area contributed by atoms with E-state index in [-0.39, 0.29) is 12.3 Å². The highest BCUT2D eigenvalue weighted by Gasteiger charge is 2.23. The molecule has 0 bridgehead atoms. The smallest absolute Gasteiger partial charge is 0.303 e. The fourth-order valence-corrected chi connectivity index (χ4v) is 2.76. The minimum absolute atomic E-state index is 0.241. The second-order valence-electron chi connectivity index (χ2n) is 5.98. The molecule has 1 heterocycles. The molecule has 0 radical (unpaired) electrons. The van der Waals surface area contributed by atoms with E-state index in [0.29, 0.717) is 24.8 Å². The predicted molar refractivity (Wildman–Crippen MR) is 78.2 cm³/mol. The van der Waals surface area contributed by atoms with Gasteiger partial charge in [0.15, 0.2) is 0 Å². The van der Waals surface area contributed by atoms with E-state index in [0.717, 1.165) is 45.2 Å². The Kier molecular flexibility index (Phi) is 7.59. The van der Waals surface area contributed by atoms with Gasteiger partial charge in [-0.05, 0) is 50.5 Å². The van der Waals surface area contributed by atoms with Crippen molar-refractivity contribution >= 4 is 11.9 Å². The SMILES string of the molecule is CC(CCN)CCC(=O)N1CCC(CCC(=O)O)CC1. The lowest BCUT2D eigenvalue weighted by Crippen LogP contribution is -2.38. The third kappa shape index (κ3) is 6.37. The second kappa shape index (κ2) is 8.95. The molecular formula is C15H28N2O3. The van der Waals surface area contributed by atoms with E-state index in [1.54, 1.807) is 0 Å². The van der Waals surface area contributed by atoms with Gasteiger partial charge >= 0.3 is 5.97 Å². The number of piperidine rings is 1. The lowest BCUT2D eigenvalue weighted by Gasteiger charge is -2.32. The highest BCUT2D eigenvalue weighted by molar-refractivity contribution is 5.76. The van der Waals surface area contributed by atoms with Gasteiger partial charge in [0.1, 0.15) is 0 Å². The van der Waals surface area contributed by atoms with Crippen LogP contribution in [0.2, 0.25) is 0 Å². The third-order valence-corrected chi connectivity index (χ3v) is 4.24. The number of nitrogens with two attached hydrogens (primary N) is 1. The van der Waals surface area contributed by atoms with Crippen LogP contribution in [0.5, 0.6) is 0 Å². The van der Waals surface area contributed by atoms with Crippen LogP contribution in [0.4, 0.5) is 0 Å². The molecule has 0 aromatic rings. The Labute approximate surface area is 121 Å². The Balaban J connectivity index is 2.20. The molecule has 0 aliphatic carbocycles. The Hall–Kier alpha value is -1.10. The number of amides is 1. The van der Waals surface area contributed by atoms with Crippen LogP contribution in [-0.4, -0.2) is 41.5 Å². The summed E-state index contributed by atoms with van der Waals surface area (Å²) in [6.45, 7) is 4.39. The summed E-state index contributed by atoms with van der Waals surface area (Å²) in [6.07, 6.45) is 5.37. The highest BCUT2D eigenvalue weighted by atomic mass is 16.4. The number of nitrogens with zero attached hydrogens (tertiary/aromatic N) is 1. The Morgan fingerprint density at radius 1 is 1.25 bits per heavy atom. The maximum absolute atomic E-state index is 12.1. The summed E-state index contributed by atoms with van der Waals surface area (Å²) in [6, 6.07) is 0. The van der Waals surface area contributed by atoms with Crippen LogP contribution in [0.25, 0.3) is 0 Å². The number of carbonyl (C=O) groups excluding carboxylic acids is 1. The molecule has 1 amide bonds. The second-order valence-corrected chi connectivity index (χ2v) is 5.98. The average Bonchev–Trinajstić information content (AvgIpc) is 2.43. The minimum Gasteiger partial charge on any atom is -0.481 e. The molecule has 1 fully saturated rings. The maximum atomic E-state index is 12.1. The number of likely N-dealkylation sites (tertiary alicyclic amines) is 1. The average molecular weight is 284 g/mol. The first kappa shape index (κ1) is 17.0. The first-order chi connectivity index (χ1) is 9.52. The lowest BCUT2D eigenvalue weighted by atomic mass is 9.92. The van der Waals surface area contributed by atoms with Gasteiger partial charge in [-0.25, -0.2) is 0 Å². The van der Waals surface area contributed by atoms with Gasteiger partial charge in [-0.15, -0.1) is 0 Å². The van der Waals surface area contributed by atoms with Crippen molar-refractivity contribution in [1.82, 2.24) is 4.90 Å². The summed E-state index contributed by atoms with van der Waals surface area (Å²) in [5.41, 5.74) is 5.51. The molecule has 0 aromatic heterocycles. The van der Waals surface area contributed by atoms with E-state index < -0.39 is 5.97 Å². The van der Waals surface area contributed by atoms with Crippen LogP contribution in [0, 0.1) is 11.8 Å². The molecule has 0 saturated carbocycles. The van der Waals surface area contributed by atoms with Crippen LogP contribution < -0.4 is 5.73 Å². The number of carbonyl (C=O) groups is 2. The van der Waals surface area contributed by atoms with Crippen molar-refractivity contribution < 1.29 is 14.7 Å². The molecule has 1 saturated heterocycles. The fraction of sp³-hybridized carbons (Fsp3) is 0.867. The number of hydrogen-bond acceptors (Lipinski definition) is 3. The predicted octanol–water partition coefficient (Wildman–Crippen LogP) is 1.85. The van der Waals surface area contributed by atoms with Crippen molar-refractivity contribution in [2.75, 3.05) is 19.6 Å². The summed E-state index contributed by atoms with van der Waals surface area (Å²) < 4.78 is 0. The quantitative estimate of drug-likeness (QED) is 0.712. The van der Waals surface area contributed by atoms with E-state index in [4.69, 9.17) is 10.8 Å². The van der Waals surface area contributed by atoms with Crippen molar-refractivity contribution in [2.24, 2.45) is 17.6 Å². The summed E-state index contributed by atoms with van der Waals surface area (Å²) in [7, 11) is 0. The number of hydrogen-bond donors (Lipinski definition) is 2. The zero-order chi connectivity index (χ0) is 15.0. The maximum Gasteiger partial charge on any atom is 0.303 e. The molecule has 0 spiro atoms. The first-order valence-corrected chi connectivity index (χ1v) is 7.72. The van der Waals surface area contributed by atoms with Crippen molar-refractivity contribution in [3.05, 3.63) is 0 Å². The van der Waals surface area contributed by atoms with E-state index in [2.05, 4.69) is 6.92 Å². The van der Waals surface area contributed by atoms with Gasteiger partial charge in [-0.2, -0.15) is 0 Å². The van der Waals surface area contributed by atoms with Gasteiger partial charge < -0.3 is 15.7 Å². The van der Waals surface area contributed by atoms with Crippen LogP contribution in [0.3, 0.4) is 0 Å². The molecule has 1 unspecified atom stereocenters. The summed E-state index contributed by atoms with van der Waals surface area (Å²) >= 11 is 0. The monoisotopic (exact) mass is 284 g/mol. The molecular weight excluding hydrogens is 256 g/mol. The molecule has 5 heteroatoms. The van der Waals surface area contributed by atoms with E-state index in [9.17, 15) is 9.59 Å². The van der Waals surface area contributed by atoms with Crippen molar-refractivity contribution in [1.29, 1.82) is 0 Å². The summed E-state index contributed by atoms with van der Waals surface area (Å²) in [5.74, 6) is 0.492. The fourth-order valence-electron chi connectivity index (χ4n) is 2.76. The van der Waals surface area contributed by atoms with Gasteiger partial charge in [0.2, 0.25) is 5.91 Å². The van der Waals surface area contributed by atoms with E-state index >= 15 is 0 Å². The van der Waals surface area contributed by atoms with E-state index in [1.165, 1.54) is 0 Å². The van der Waals surface area contributed by atoms with Gasteiger partial charge in [0.25, 0.3) is 0 Å². The van der Waals surface area contributed by atoms with Crippen molar-refractivity contribution in [3.8, 4) is 0 Å². The van der Waals surface area contributed by atoms with Gasteiger partial charge in [-0.1, -0.05) is 6.92 Å². The molecule has 1 aliphatic rings.